The fourth-order valence-corrected chi connectivity index (χ4v) is 2.48. The summed E-state index contributed by atoms with van der Waals surface area (Å²) in [4.78, 5) is 11.6. The molecule has 0 saturated heterocycles. The zero-order chi connectivity index (χ0) is 17.1. The van der Waals surface area contributed by atoms with E-state index in [1.807, 2.05) is 0 Å². The Bertz CT molecular complexity index is 848. The Morgan fingerprint density at radius 1 is 1.08 bits per heavy atom. The van der Waals surface area contributed by atoms with Gasteiger partial charge in [0.25, 0.3) is 0 Å². The van der Waals surface area contributed by atoms with Crippen molar-refractivity contribution in [1.29, 1.82) is 0 Å². The monoisotopic (exact) mass is 363 g/mol. The van der Waals surface area contributed by atoms with Gasteiger partial charge < -0.3 is 14.4 Å². The van der Waals surface area contributed by atoms with E-state index < -0.39 is 12.1 Å². The number of halogens is 2. The first-order valence-corrected chi connectivity index (χ1v) is 7.66. The van der Waals surface area contributed by atoms with E-state index in [9.17, 15) is 9.90 Å². The molecule has 0 aliphatic rings. The zero-order valence-corrected chi connectivity index (χ0v) is 13.7. The lowest BCUT2D eigenvalue weighted by atomic mass is 10.1. The smallest absolute Gasteiger partial charge is 0.349 e. The van der Waals surface area contributed by atoms with Gasteiger partial charge in [-0.15, -0.1) is 0 Å². The van der Waals surface area contributed by atoms with Crippen LogP contribution in [-0.4, -0.2) is 16.2 Å². The first-order valence-electron chi connectivity index (χ1n) is 6.90. The van der Waals surface area contributed by atoms with Crippen LogP contribution in [0.1, 0.15) is 11.7 Å². The number of hydrogen-bond donors (Lipinski definition) is 1. The van der Waals surface area contributed by atoms with Crippen molar-refractivity contribution in [3.63, 3.8) is 0 Å². The molecule has 0 saturated carbocycles. The fraction of sp³-hybridized carbons (Fsp3) is 0.0588. The summed E-state index contributed by atoms with van der Waals surface area (Å²) in [7, 11) is 0. The van der Waals surface area contributed by atoms with E-state index in [1.165, 1.54) is 6.20 Å². The Kier molecular flexibility index (Phi) is 4.74. The summed E-state index contributed by atoms with van der Waals surface area (Å²) in [5.41, 5.74) is 0.977. The quantitative estimate of drug-likeness (QED) is 0.700. The summed E-state index contributed by atoms with van der Waals surface area (Å²) in [5.74, 6) is -0.387. The second-order valence-corrected chi connectivity index (χ2v) is 5.78. The lowest BCUT2D eigenvalue weighted by Crippen LogP contribution is -2.18. The second-order valence-electron chi connectivity index (χ2n) is 4.90. The standard InChI is InChI=1S/C17H11Cl2NO4/c18-11-3-1-10(2-4-11)16(17(21)22)23-14-6-5-12(19)9-13(14)15-7-8-20-24-15/h1-9,16H,(H,21,22). The van der Waals surface area contributed by atoms with Gasteiger partial charge in [0.2, 0.25) is 6.10 Å². The van der Waals surface area contributed by atoms with Crippen LogP contribution in [0.15, 0.2) is 59.3 Å². The van der Waals surface area contributed by atoms with E-state index in [0.717, 1.165) is 0 Å². The average Bonchev–Trinajstić information content (AvgIpc) is 3.09. The number of carboxylic acid groups (broad SMARTS) is 1. The molecule has 5 nitrogen and oxygen atoms in total. The molecule has 1 atom stereocenters. The molecular formula is C17H11Cl2NO4. The number of aliphatic carboxylic acids is 1. The van der Waals surface area contributed by atoms with E-state index in [1.54, 1.807) is 48.5 Å². The van der Waals surface area contributed by atoms with Crippen molar-refractivity contribution in [3.8, 4) is 17.1 Å². The van der Waals surface area contributed by atoms with E-state index in [2.05, 4.69) is 5.16 Å². The van der Waals surface area contributed by atoms with Gasteiger partial charge in [-0.1, -0.05) is 40.5 Å². The lowest BCUT2D eigenvalue weighted by Gasteiger charge is -2.17. The predicted octanol–water partition coefficient (Wildman–Crippen LogP) is 4.85. The molecule has 1 heterocycles. The Balaban J connectivity index is 1.99. The summed E-state index contributed by atoms with van der Waals surface area (Å²) >= 11 is 11.9. The molecular weight excluding hydrogens is 353 g/mol. The Hall–Kier alpha value is -2.50. The van der Waals surface area contributed by atoms with E-state index in [0.29, 0.717) is 32.7 Å². The maximum absolute atomic E-state index is 11.6. The molecule has 3 rings (SSSR count). The van der Waals surface area contributed by atoms with Gasteiger partial charge in [0.15, 0.2) is 5.76 Å². The highest BCUT2D eigenvalue weighted by Crippen LogP contribution is 2.35. The number of carbonyl (C=O) groups is 1. The molecule has 1 aromatic heterocycles. The van der Waals surface area contributed by atoms with Gasteiger partial charge in [-0.25, -0.2) is 4.79 Å². The third kappa shape index (κ3) is 3.53. The average molecular weight is 364 g/mol. The zero-order valence-electron chi connectivity index (χ0n) is 12.1. The molecule has 0 amide bonds. The van der Waals surface area contributed by atoms with Gasteiger partial charge in [0.1, 0.15) is 5.75 Å². The van der Waals surface area contributed by atoms with Gasteiger partial charge in [0, 0.05) is 21.7 Å². The number of rotatable bonds is 5. The molecule has 1 N–H and O–H groups in total. The van der Waals surface area contributed by atoms with E-state index in [-0.39, 0.29) is 0 Å². The number of carboxylic acids is 1. The molecule has 0 aliphatic carbocycles. The van der Waals surface area contributed by atoms with Gasteiger partial charge >= 0.3 is 5.97 Å². The van der Waals surface area contributed by atoms with Crippen LogP contribution in [0.4, 0.5) is 0 Å². The normalized spacial score (nSPS) is 11.9. The minimum absolute atomic E-state index is 0.318. The van der Waals surface area contributed by atoms with Crippen LogP contribution in [-0.2, 0) is 4.79 Å². The second kappa shape index (κ2) is 6.95. The van der Waals surface area contributed by atoms with Crippen molar-refractivity contribution >= 4 is 29.2 Å². The minimum atomic E-state index is -1.20. The van der Waals surface area contributed by atoms with Crippen molar-refractivity contribution in [2.75, 3.05) is 0 Å². The third-order valence-corrected chi connectivity index (χ3v) is 3.77. The maximum Gasteiger partial charge on any atom is 0.349 e. The van der Waals surface area contributed by atoms with Crippen molar-refractivity contribution in [2.45, 2.75) is 6.10 Å². The third-order valence-electron chi connectivity index (χ3n) is 3.29. The van der Waals surface area contributed by atoms with Crippen molar-refractivity contribution in [3.05, 3.63) is 70.3 Å². The fourth-order valence-electron chi connectivity index (χ4n) is 2.18. The molecule has 0 bridgehead atoms. The number of hydrogen-bond acceptors (Lipinski definition) is 4. The van der Waals surface area contributed by atoms with Gasteiger partial charge in [-0.05, 0) is 30.3 Å². The van der Waals surface area contributed by atoms with Crippen LogP contribution in [0.25, 0.3) is 11.3 Å². The largest absolute Gasteiger partial charge is 0.478 e. The molecule has 1 unspecified atom stereocenters. The minimum Gasteiger partial charge on any atom is -0.478 e. The highest BCUT2D eigenvalue weighted by atomic mass is 35.5. The topological polar surface area (TPSA) is 72.6 Å². The highest BCUT2D eigenvalue weighted by molar-refractivity contribution is 6.31. The maximum atomic E-state index is 11.6. The van der Waals surface area contributed by atoms with Crippen molar-refractivity contribution in [1.82, 2.24) is 5.16 Å². The summed E-state index contributed by atoms with van der Waals surface area (Å²) in [5, 5.41) is 14.1. The van der Waals surface area contributed by atoms with E-state index >= 15 is 0 Å². The molecule has 7 heteroatoms. The SMILES string of the molecule is O=C(O)C(Oc1ccc(Cl)cc1-c1ccno1)c1ccc(Cl)cc1. The molecule has 0 fully saturated rings. The number of nitrogens with zero attached hydrogens (tertiary/aromatic N) is 1. The van der Waals surface area contributed by atoms with Crippen LogP contribution in [0.5, 0.6) is 5.75 Å². The highest BCUT2D eigenvalue weighted by Gasteiger charge is 2.24. The number of ether oxygens (including phenoxy) is 1. The summed E-state index contributed by atoms with van der Waals surface area (Å²) in [6.45, 7) is 0. The Morgan fingerprint density at radius 3 is 2.42 bits per heavy atom. The summed E-state index contributed by atoms with van der Waals surface area (Å²) in [6, 6.07) is 12.9. The molecule has 3 aromatic rings. The molecule has 122 valence electrons. The predicted molar refractivity (Wildman–Crippen MR) is 89.4 cm³/mol. The molecule has 0 spiro atoms. The van der Waals surface area contributed by atoms with Crippen LogP contribution in [0.3, 0.4) is 0 Å². The Labute approximate surface area is 147 Å². The van der Waals surface area contributed by atoms with E-state index in [4.69, 9.17) is 32.5 Å². The molecule has 0 aliphatic heterocycles. The first-order chi connectivity index (χ1) is 11.5. The van der Waals surface area contributed by atoms with Crippen LogP contribution < -0.4 is 4.74 Å². The van der Waals surface area contributed by atoms with Gasteiger partial charge in [-0.2, -0.15) is 0 Å². The molecule has 0 radical (unpaired) electrons. The lowest BCUT2D eigenvalue weighted by molar-refractivity contribution is -0.145. The van der Waals surface area contributed by atoms with Crippen molar-refractivity contribution < 1.29 is 19.2 Å². The van der Waals surface area contributed by atoms with Crippen LogP contribution in [0.2, 0.25) is 10.0 Å². The number of aromatic nitrogens is 1. The van der Waals surface area contributed by atoms with Gasteiger partial charge in [0.05, 0.1) is 11.8 Å². The summed E-state index contributed by atoms with van der Waals surface area (Å²) in [6.07, 6.45) is 0.276. The molecule has 2 aromatic carbocycles. The van der Waals surface area contributed by atoms with Crippen LogP contribution >= 0.6 is 23.2 Å². The van der Waals surface area contributed by atoms with Crippen LogP contribution in [0, 0.1) is 0 Å². The Morgan fingerprint density at radius 2 is 1.79 bits per heavy atom. The van der Waals surface area contributed by atoms with Crippen molar-refractivity contribution in [2.24, 2.45) is 0 Å². The number of benzene rings is 2. The van der Waals surface area contributed by atoms with Gasteiger partial charge in [-0.3, -0.25) is 0 Å². The first kappa shape index (κ1) is 16.4. The molecule has 24 heavy (non-hydrogen) atoms. The summed E-state index contributed by atoms with van der Waals surface area (Å²) < 4.78 is 10.8.